The Morgan fingerprint density at radius 1 is 1.25 bits per heavy atom. The van der Waals surface area contributed by atoms with Gasteiger partial charge in [-0.1, -0.05) is 0 Å². The Bertz CT molecular complexity index is 270. The van der Waals surface area contributed by atoms with Crippen molar-refractivity contribution in [3.05, 3.63) is 12.2 Å². The summed E-state index contributed by atoms with van der Waals surface area (Å²) < 4.78 is 10.3. The zero-order valence-electron chi connectivity index (χ0n) is 9.64. The van der Waals surface area contributed by atoms with E-state index < -0.39 is 0 Å². The molecule has 0 fully saturated rings. The van der Waals surface area contributed by atoms with Gasteiger partial charge in [-0.25, -0.2) is 0 Å². The van der Waals surface area contributed by atoms with Crippen LogP contribution in [0, 0.1) is 0 Å². The monoisotopic (exact) mass is 227 g/mol. The van der Waals surface area contributed by atoms with Gasteiger partial charge in [-0.2, -0.15) is 0 Å². The zero-order valence-corrected chi connectivity index (χ0v) is 9.64. The van der Waals surface area contributed by atoms with Crippen LogP contribution in [0.5, 0.6) is 0 Å². The number of amides is 2. The first-order valence-electron chi connectivity index (χ1n) is 5.29. The summed E-state index contributed by atoms with van der Waals surface area (Å²) in [6, 6.07) is 0. The molecule has 0 aliphatic carbocycles. The lowest BCUT2D eigenvalue weighted by atomic mass is 10.2. The van der Waals surface area contributed by atoms with Crippen molar-refractivity contribution in [2.45, 2.75) is 19.4 Å². The van der Waals surface area contributed by atoms with Gasteiger partial charge in [0.15, 0.2) is 0 Å². The Balaban J connectivity index is 2.19. The standard InChI is InChI=1S/C11H17NO4/c1-9(16-8-7-15-2)5-6-12-10(13)3-4-11(12)14/h3-4,9H,5-8H2,1-2H3. The van der Waals surface area contributed by atoms with Crippen molar-refractivity contribution in [1.82, 2.24) is 4.90 Å². The Morgan fingerprint density at radius 3 is 2.44 bits per heavy atom. The van der Waals surface area contributed by atoms with Gasteiger partial charge in [-0.15, -0.1) is 0 Å². The predicted octanol–water partition coefficient (Wildman–Crippen LogP) is 0.353. The minimum Gasteiger partial charge on any atom is -0.382 e. The van der Waals surface area contributed by atoms with Crippen LogP contribution in [0.1, 0.15) is 13.3 Å². The smallest absolute Gasteiger partial charge is 0.253 e. The summed E-state index contributed by atoms with van der Waals surface area (Å²) in [6.45, 7) is 3.39. The van der Waals surface area contributed by atoms with E-state index >= 15 is 0 Å². The summed E-state index contributed by atoms with van der Waals surface area (Å²) >= 11 is 0. The van der Waals surface area contributed by atoms with Crippen molar-refractivity contribution >= 4 is 11.8 Å². The Labute approximate surface area is 95.0 Å². The Hall–Kier alpha value is -1.20. The van der Waals surface area contributed by atoms with Crippen molar-refractivity contribution < 1.29 is 19.1 Å². The quantitative estimate of drug-likeness (QED) is 0.465. The highest BCUT2D eigenvalue weighted by molar-refractivity contribution is 6.12. The number of carbonyl (C=O) groups is 2. The molecular formula is C11H17NO4. The first-order valence-corrected chi connectivity index (χ1v) is 5.29. The summed E-state index contributed by atoms with van der Waals surface area (Å²) in [6.07, 6.45) is 3.23. The molecule has 0 aromatic carbocycles. The van der Waals surface area contributed by atoms with Gasteiger partial charge in [0.1, 0.15) is 0 Å². The van der Waals surface area contributed by atoms with Crippen LogP contribution in [0.25, 0.3) is 0 Å². The molecule has 1 heterocycles. The lowest BCUT2D eigenvalue weighted by molar-refractivity contribution is -0.137. The van der Waals surface area contributed by atoms with E-state index in [0.717, 1.165) is 0 Å². The number of hydrogen-bond donors (Lipinski definition) is 0. The lowest BCUT2D eigenvalue weighted by Gasteiger charge is -2.17. The molecule has 16 heavy (non-hydrogen) atoms. The number of hydrogen-bond acceptors (Lipinski definition) is 4. The van der Waals surface area contributed by atoms with Crippen molar-refractivity contribution in [3.63, 3.8) is 0 Å². The fourth-order valence-corrected chi connectivity index (χ4v) is 1.38. The second kappa shape index (κ2) is 6.40. The van der Waals surface area contributed by atoms with E-state index in [1.165, 1.54) is 17.1 Å². The highest BCUT2D eigenvalue weighted by Crippen LogP contribution is 2.07. The third kappa shape index (κ3) is 3.75. The van der Waals surface area contributed by atoms with Gasteiger partial charge in [0.05, 0.1) is 19.3 Å². The third-order valence-electron chi connectivity index (χ3n) is 2.35. The average molecular weight is 227 g/mol. The van der Waals surface area contributed by atoms with Crippen molar-refractivity contribution in [3.8, 4) is 0 Å². The van der Waals surface area contributed by atoms with Crippen LogP contribution in [-0.4, -0.2) is 49.7 Å². The van der Waals surface area contributed by atoms with Crippen molar-refractivity contribution in [1.29, 1.82) is 0 Å². The second-order valence-electron chi connectivity index (χ2n) is 3.62. The van der Waals surface area contributed by atoms with Crippen LogP contribution in [-0.2, 0) is 19.1 Å². The molecule has 5 nitrogen and oxygen atoms in total. The number of imide groups is 1. The number of methoxy groups -OCH3 is 1. The SMILES string of the molecule is COCCOC(C)CCN1C(=O)C=CC1=O. The van der Waals surface area contributed by atoms with Gasteiger partial charge >= 0.3 is 0 Å². The van der Waals surface area contributed by atoms with Gasteiger partial charge in [-0.05, 0) is 13.3 Å². The molecule has 1 unspecified atom stereocenters. The molecule has 0 aromatic heterocycles. The normalized spacial score (nSPS) is 17.2. The van der Waals surface area contributed by atoms with Crippen LogP contribution in [0.4, 0.5) is 0 Å². The molecule has 1 atom stereocenters. The van der Waals surface area contributed by atoms with Crippen molar-refractivity contribution in [2.75, 3.05) is 26.9 Å². The number of ether oxygens (including phenoxy) is 2. The topological polar surface area (TPSA) is 55.8 Å². The largest absolute Gasteiger partial charge is 0.382 e. The summed E-state index contributed by atoms with van der Waals surface area (Å²) in [4.78, 5) is 23.6. The van der Waals surface area contributed by atoms with Gasteiger partial charge in [-0.3, -0.25) is 14.5 Å². The number of nitrogens with zero attached hydrogens (tertiary/aromatic N) is 1. The molecule has 0 bridgehead atoms. The molecule has 1 rings (SSSR count). The minimum atomic E-state index is -0.242. The molecule has 5 heteroatoms. The summed E-state index contributed by atoms with van der Waals surface area (Å²) in [5.41, 5.74) is 0. The molecule has 0 spiro atoms. The van der Waals surface area contributed by atoms with Crippen LogP contribution in [0.3, 0.4) is 0 Å². The molecule has 0 aromatic rings. The van der Waals surface area contributed by atoms with Gasteiger partial charge in [0.25, 0.3) is 11.8 Å². The molecule has 0 radical (unpaired) electrons. The first-order chi connectivity index (χ1) is 7.65. The van der Waals surface area contributed by atoms with Crippen LogP contribution in [0.2, 0.25) is 0 Å². The average Bonchev–Trinajstić information content (AvgIpc) is 2.57. The van der Waals surface area contributed by atoms with E-state index in [-0.39, 0.29) is 17.9 Å². The van der Waals surface area contributed by atoms with E-state index in [1.807, 2.05) is 6.92 Å². The highest BCUT2D eigenvalue weighted by Gasteiger charge is 2.23. The van der Waals surface area contributed by atoms with Gasteiger partial charge < -0.3 is 9.47 Å². The van der Waals surface area contributed by atoms with E-state index in [2.05, 4.69) is 0 Å². The predicted molar refractivity (Wildman–Crippen MR) is 57.8 cm³/mol. The van der Waals surface area contributed by atoms with Crippen LogP contribution < -0.4 is 0 Å². The summed E-state index contributed by atoms with van der Waals surface area (Å²) in [5.74, 6) is -0.483. The fourth-order valence-electron chi connectivity index (χ4n) is 1.38. The maximum absolute atomic E-state index is 11.2. The number of carbonyl (C=O) groups excluding carboxylic acids is 2. The van der Waals surface area contributed by atoms with Gasteiger partial charge in [0, 0.05) is 25.8 Å². The first kappa shape index (κ1) is 12.9. The third-order valence-corrected chi connectivity index (χ3v) is 2.35. The van der Waals surface area contributed by atoms with Gasteiger partial charge in [0.2, 0.25) is 0 Å². The molecule has 1 aliphatic heterocycles. The summed E-state index contributed by atoms with van der Waals surface area (Å²) in [5, 5.41) is 0. The van der Waals surface area contributed by atoms with E-state index in [4.69, 9.17) is 9.47 Å². The molecular weight excluding hydrogens is 210 g/mol. The van der Waals surface area contributed by atoms with Crippen LogP contribution in [0.15, 0.2) is 12.2 Å². The molecule has 0 saturated heterocycles. The summed E-state index contributed by atoms with van der Waals surface area (Å²) in [7, 11) is 1.61. The minimum absolute atomic E-state index is 0.0105. The maximum atomic E-state index is 11.2. The lowest BCUT2D eigenvalue weighted by Crippen LogP contribution is -2.32. The highest BCUT2D eigenvalue weighted by atomic mass is 16.5. The molecule has 90 valence electrons. The molecule has 0 N–H and O–H groups in total. The molecule has 1 aliphatic rings. The molecule has 2 amide bonds. The van der Waals surface area contributed by atoms with E-state index in [1.54, 1.807) is 7.11 Å². The second-order valence-corrected chi connectivity index (χ2v) is 3.62. The fraction of sp³-hybridized carbons (Fsp3) is 0.636. The molecule has 0 saturated carbocycles. The Kier molecular flexibility index (Phi) is 5.14. The van der Waals surface area contributed by atoms with Crippen LogP contribution >= 0.6 is 0 Å². The van der Waals surface area contributed by atoms with E-state index in [9.17, 15) is 9.59 Å². The zero-order chi connectivity index (χ0) is 12.0. The maximum Gasteiger partial charge on any atom is 0.253 e. The number of rotatable bonds is 7. The van der Waals surface area contributed by atoms with E-state index in [0.29, 0.717) is 26.2 Å². The Morgan fingerprint density at radius 2 is 1.88 bits per heavy atom. The van der Waals surface area contributed by atoms with Crippen molar-refractivity contribution in [2.24, 2.45) is 0 Å².